The second-order valence-corrected chi connectivity index (χ2v) is 8.61. The highest BCUT2D eigenvalue weighted by Crippen LogP contribution is 2.41. The van der Waals surface area contributed by atoms with Gasteiger partial charge in [-0.2, -0.15) is 9.71 Å². The fraction of sp³-hybridized carbons (Fsp3) is 0.300. The number of aromatic nitrogens is 2. The van der Waals surface area contributed by atoms with Crippen molar-refractivity contribution in [3.05, 3.63) is 71.9 Å². The van der Waals surface area contributed by atoms with Crippen LogP contribution in [0.25, 0.3) is 0 Å². The molecule has 0 aliphatic heterocycles. The Hall–Kier alpha value is -2.71. The van der Waals surface area contributed by atoms with Crippen LogP contribution in [0, 0.1) is 6.92 Å². The van der Waals surface area contributed by atoms with Crippen LogP contribution >= 0.6 is 0 Å². The van der Waals surface area contributed by atoms with Gasteiger partial charge in [-0.25, -0.2) is 8.42 Å². The Morgan fingerprint density at radius 2 is 1.82 bits per heavy atom. The number of benzene rings is 2. The number of sulfonamides is 1. The highest BCUT2D eigenvalue weighted by molar-refractivity contribution is 7.89. The maximum atomic E-state index is 12.9. The molecule has 1 aromatic heterocycles. The quantitative estimate of drug-likeness (QED) is 0.655. The van der Waals surface area contributed by atoms with Gasteiger partial charge in [-0.05, 0) is 49.1 Å². The van der Waals surface area contributed by atoms with Crippen LogP contribution in [0.3, 0.4) is 0 Å². The zero-order valence-corrected chi connectivity index (χ0v) is 16.3. The minimum atomic E-state index is -3.73. The molecule has 1 fully saturated rings. The molecule has 7 nitrogen and oxygen atoms in total. The summed E-state index contributed by atoms with van der Waals surface area (Å²) in [4.78, 5) is 4.40. The van der Waals surface area contributed by atoms with Gasteiger partial charge in [0.25, 0.3) is 0 Å². The van der Waals surface area contributed by atoms with Gasteiger partial charge in [0.1, 0.15) is 12.4 Å². The van der Waals surface area contributed by atoms with E-state index in [9.17, 15) is 8.42 Å². The monoisotopic (exact) mass is 399 g/mol. The molecule has 1 heterocycles. The van der Waals surface area contributed by atoms with Crippen molar-refractivity contribution >= 4 is 10.0 Å². The maximum Gasteiger partial charge on any atom is 0.241 e. The number of hydrogen-bond donors (Lipinski definition) is 1. The summed E-state index contributed by atoms with van der Waals surface area (Å²) in [6.07, 6.45) is 2.19. The molecule has 3 aromatic rings. The molecule has 0 amide bonds. The lowest BCUT2D eigenvalue weighted by atomic mass is 9.77. The maximum absolute atomic E-state index is 12.9. The number of nitrogens with one attached hydrogen (secondary N) is 1. The van der Waals surface area contributed by atoms with Crippen molar-refractivity contribution in [3.63, 3.8) is 0 Å². The molecule has 1 aliphatic rings. The number of rotatable bonds is 7. The first-order valence-corrected chi connectivity index (χ1v) is 10.6. The van der Waals surface area contributed by atoms with Crippen molar-refractivity contribution in [2.45, 2.75) is 43.2 Å². The molecule has 1 aliphatic carbocycles. The molecule has 4 rings (SSSR count). The predicted octanol–water partition coefficient (Wildman–Crippen LogP) is 3.31. The summed E-state index contributed by atoms with van der Waals surface area (Å²) in [6.45, 7) is 2.11. The molecular weight excluding hydrogens is 378 g/mol. The van der Waals surface area contributed by atoms with Gasteiger partial charge < -0.3 is 9.26 Å². The van der Waals surface area contributed by atoms with Crippen molar-refractivity contribution in [2.75, 3.05) is 0 Å². The van der Waals surface area contributed by atoms with Crippen molar-refractivity contribution in [1.29, 1.82) is 0 Å². The fourth-order valence-electron chi connectivity index (χ4n) is 3.17. The zero-order chi connectivity index (χ0) is 19.6. The van der Waals surface area contributed by atoms with Crippen LogP contribution < -0.4 is 9.46 Å². The molecule has 0 spiro atoms. The van der Waals surface area contributed by atoms with Crippen LogP contribution in [0.5, 0.6) is 5.75 Å². The van der Waals surface area contributed by atoms with Gasteiger partial charge in [0.15, 0.2) is 5.82 Å². The highest BCUT2D eigenvalue weighted by Gasteiger charge is 2.46. The van der Waals surface area contributed by atoms with Crippen LogP contribution in [0.15, 0.2) is 64.0 Å². The van der Waals surface area contributed by atoms with Crippen LogP contribution in [-0.2, 0) is 22.2 Å². The molecule has 2 aromatic carbocycles. The summed E-state index contributed by atoms with van der Waals surface area (Å²) in [5.74, 6) is 1.41. The van der Waals surface area contributed by atoms with Crippen LogP contribution in [0.2, 0.25) is 0 Å². The van der Waals surface area contributed by atoms with Crippen molar-refractivity contribution in [1.82, 2.24) is 14.9 Å². The van der Waals surface area contributed by atoms with Crippen LogP contribution in [0.4, 0.5) is 0 Å². The minimum Gasteiger partial charge on any atom is -0.489 e. The molecule has 146 valence electrons. The van der Waals surface area contributed by atoms with E-state index in [0.717, 1.165) is 12.0 Å². The van der Waals surface area contributed by atoms with E-state index in [1.54, 1.807) is 19.1 Å². The molecule has 0 unspecified atom stereocenters. The van der Waals surface area contributed by atoms with Crippen LogP contribution in [-0.4, -0.2) is 18.6 Å². The van der Waals surface area contributed by atoms with E-state index in [0.29, 0.717) is 36.9 Å². The molecule has 0 bridgehead atoms. The Balaban J connectivity index is 1.47. The van der Waals surface area contributed by atoms with E-state index in [-0.39, 0.29) is 4.90 Å². The Kier molecular flexibility index (Phi) is 4.91. The first-order chi connectivity index (χ1) is 13.5. The summed E-state index contributed by atoms with van der Waals surface area (Å²) >= 11 is 0. The molecule has 8 heteroatoms. The summed E-state index contributed by atoms with van der Waals surface area (Å²) in [7, 11) is -3.73. The molecule has 0 saturated heterocycles. The van der Waals surface area contributed by atoms with E-state index in [2.05, 4.69) is 14.9 Å². The van der Waals surface area contributed by atoms with Gasteiger partial charge in [0.2, 0.25) is 15.9 Å². The molecule has 1 N–H and O–H groups in total. The third-order valence-corrected chi connectivity index (χ3v) is 6.43. The van der Waals surface area contributed by atoms with Gasteiger partial charge in [0, 0.05) is 6.92 Å². The van der Waals surface area contributed by atoms with Crippen LogP contribution in [0.1, 0.15) is 36.5 Å². The smallest absolute Gasteiger partial charge is 0.241 e. The number of aryl methyl sites for hydroxylation is 1. The predicted molar refractivity (Wildman–Crippen MR) is 102 cm³/mol. The molecule has 0 radical (unpaired) electrons. The van der Waals surface area contributed by atoms with Crippen molar-refractivity contribution in [3.8, 4) is 5.75 Å². The van der Waals surface area contributed by atoms with E-state index < -0.39 is 15.6 Å². The normalized spacial score (nSPS) is 15.8. The number of hydrogen-bond acceptors (Lipinski definition) is 6. The summed E-state index contributed by atoms with van der Waals surface area (Å²) in [5.41, 5.74) is 0.252. The second-order valence-electron chi connectivity index (χ2n) is 6.92. The van der Waals surface area contributed by atoms with Gasteiger partial charge in [-0.1, -0.05) is 35.5 Å². The summed E-state index contributed by atoms with van der Waals surface area (Å²) in [5, 5.41) is 3.92. The topological polar surface area (TPSA) is 94.3 Å². The first kappa shape index (κ1) is 18.6. The lowest BCUT2D eigenvalue weighted by Gasteiger charge is -2.39. The van der Waals surface area contributed by atoms with E-state index in [4.69, 9.17) is 9.26 Å². The summed E-state index contributed by atoms with van der Waals surface area (Å²) < 4.78 is 39.3. The first-order valence-electron chi connectivity index (χ1n) is 9.08. The Labute approximate surface area is 163 Å². The zero-order valence-electron chi connectivity index (χ0n) is 15.5. The molecule has 1 saturated carbocycles. The number of nitrogens with zero attached hydrogens (tertiary/aromatic N) is 2. The van der Waals surface area contributed by atoms with Crippen molar-refractivity contribution < 1.29 is 17.7 Å². The average molecular weight is 399 g/mol. The third-order valence-electron chi connectivity index (χ3n) is 4.87. The standard InChI is InChI=1S/C20H21N3O4S/c1-15-21-19(22-27-15)20(12-5-13-20)23-28(24,25)18-10-8-17(9-11-18)26-14-16-6-3-2-4-7-16/h2-4,6-11,23H,5,12-14H2,1H3. The lowest BCUT2D eigenvalue weighted by molar-refractivity contribution is 0.203. The van der Waals surface area contributed by atoms with E-state index >= 15 is 0 Å². The average Bonchev–Trinajstić information content (AvgIpc) is 3.11. The van der Waals surface area contributed by atoms with Gasteiger partial charge in [-0.15, -0.1) is 0 Å². The second kappa shape index (κ2) is 7.37. The fourth-order valence-corrected chi connectivity index (χ4v) is 4.59. The lowest BCUT2D eigenvalue weighted by Crippen LogP contribution is -2.51. The van der Waals surface area contributed by atoms with Crippen molar-refractivity contribution in [2.24, 2.45) is 0 Å². The van der Waals surface area contributed by atoms with E-state index in [1.165, 1.54) is 12.1 Å². The molecule has 28 heavy (non-hydrogen) atoms. The minimum absolute atomic E-state index is 0.172. The SMILES string of the molecule is Cc1nc(C2(NS(=O)(=O)c3ccc(OCc4ccccc4)cc3)CCC2)no1. The van der Waals surface area contributed by atoms with E-state index in [1.807, 2.05) is 30.3 Å². The van der Waals surface area contributed by atoms with Gasteiger partial charge in [-0.3, -0.25) is 0 Å². The largest absolute Gasteiger partial charge is 0.489 e. The molecule has 0 atom stereocenters. The van der Waals surface area contributed by atoms with Gasteiger partial charge >= 0.3 is 0 Å². The summed E-state index contributed by atoms with van der Waals surface area (Å²) in [6, 6.07) is 16.2. The highest BCUT2D eigenvalue weighted by atomic mass is 32.2. The Morgan fingerprint density at radius 3 is 2.39 bits per heavy atom. The van der Waals surface area contributed by atoms with Gasteiger partial charge in [0.05, 0.1) is 10.4 Å². The molecular formula is C20H21N3O4S. The Morgan fingerprint density at radius 1 is 1.11 bits per heavy atom. The number of ether oxygens (including phenoxy) is 1. The third kappa shape index (κ3) is 3.79. The Bertz CT molecular complexity index is 1040.